The summed E-state index contributed by atoms with van der Waals surface area (Å²) in [6.07, 6.45) is 1.77. The lowest BCUT2D eigenvalue weighted by Crippen LogP contribution is -2.02. The monoisotopic (exact) mass is 583 g/mol. The molecule has 7 heteroatoms. The molecule has 0 heterocycles. The summed E-state index contributed by atoms with van der Waals surface area (Å²) >= 11 is 20.4. The van der Waals surface area contributed by atoms with Crippen molar-refractivity contribution in [1.82, 2.24) is 0 Å². The first-order valence-electron chi connectivity index (χ1n) is 9.32. The highest BCUT2D eigenvalue weighted by Gasteiger charge is 2.14. The van der Waals surface area contributed by atoms with Crippen LogP contribution in [0.5, 0.6) is 11.5 Å². The van der Waals surface area contributed by atoms with Gasteiger partial charge in [-0.15, -0.1) is 0 Å². The van der Waals surface area contributed by atoms with Gasteiger partial charge in [0, 0.05) is 15.6 Å². The van der Waals surface area contributed by atoms with Crippen LogP contribution in [-0.4, -0.2) is 6.61 Å². The van der Waals surface area contributed by atoms with Gasteiger partial charge in [0.05, 0.1) is 26.8 Å². The van der Waals surface area contributed by atoms with Crippen molar-refractivity contribution in [1.29, 1.82) is 5.26 Å². The molecule has 0 N–H and O–H groups in total. The van der Waals surface area contributed by atoms with E-state index in [1.807, 2.05) is 43.3 Å². The van der Waals surface area contributed by atoms with E-state index in [0.29, 0.717) is 50.9 Å². The van der Waals surface area contributed by atoms with Crippen molar-refractivity contribution >= 4 is 69.0 Å². The number of allylic oxidation sites excluding steroid dienone is 1. The van der Waals surface area contributed by atoms with E-state index in [1.54, 1.807) is 24.3 Å². The highest BCUT2D eigenvalue weighted by molar-refractivity contribution is 14.1. The van der Waals surface area contributed by atoms with Gasteiger partial charge in [-0.25, -0.2) is 0 Å². The quantitative estimate of drug-likeness (QED) is 0.159. The van der Waals surface area contributed by atoms with E-state index in [-0.39, 0.29) is 0 Å². The summed E-state index contributed by atoms with van der Waals surface area (Å²) < 4.78 is 12.7. The van der Waals surface area contributed by atoms with Gasteiger partial charge in [-0.2, -0.15) is 5.26 Å². The summed E-state index contributed by atoms with van der Waals surface area (Å²) in [6, 6.07) is 18.5. The van der Waals surface area contributed by atoms with Gasteiger partial charge in [-0.3, -0.25) is 0 Å². The Morgan fingerprint density at radius 2 is 1.71 bits per heavy atom. The standard InChI is InChI=1S/C24H17Cl3INO2/c1-2-30-23-11-16(9-17(13-29)20-8-7-19(26)12-21(20)27)10-22(28)24(23)31-14-15-3-5-18(25)6-4-15/h3-12H,2,14H2,1H3/b17-9+. The highest BCUT2D eigenvalue weighted by atomic mass is 127. The third-order valence-corrected chi connectivity index (χ3v) is 5.88. The van der Waals surface area contributed by atoms with Crippen LogP contribution in [0.25, 0.3) is 11.6 Å². The largest absolute Gasteiger partial charge is 0.490 e. The van der Waals surface area contributed by atoms with Crippen molar-refractivity contribution in [2.75, 3.05) is 6.61 Å². The molecule has 158 valence electrons. The number of benzene rings is 3. The fourth-order valence-corrected chi connectivity index (χ4v) is 4.27. The smallest absolute Gasteiger partial charge is 0.175 e. The van der Waals surface area contributed by atoms with E-state index in [1.165, 1.54) is 0 Å². The average molecular weight is 585 g/mol. The average Bonchev–Trinajstić information content (AvgIpc) is 2.73. The van der Waals surface area contributed by atoms with Crippen molar-refractivity contribution in [2.24, 2.45) is 0 Å². The number of hydrogen-bond acceptors (Lipinski definition) is 3. The van der Waals surface area contributed by atoms with Gasteiger partial charge in [0.1, 0.15) is 6.61 Å². The van der Waals surface area contributed by atoms with Crippen LogP contribution < -0.4 is 9.47 Å². The first kappa shape index (κ1) is 23.7. The molecule has 3 aromatic rings. The van der Waals surface area contributed by atoms with E-state index in [9.17, 15) is 5.26 Å². The van der Waals surface area contributed by atoms with Crippen molar-refractivity contribution in [3.63, 3.8) is 0 Å². The minimum Gasteiger partial charge on any atom is -0.490 e. The number of hydrogen-bond donors (Lipinski definition) is 0. The fourth-order valence-electron chi connectivity index (χ4n) is 2.86. The summed E-state index contributed by atoms with van der Waals surface area (Å²) in [5, 5.41) is 11.3. The van der Waals surface area contributed by atoms with E-state index in [0.717, 1.165) is 14.7 Å². The zero-order valence-corrected chi connectivity index (χ0v) is 20.9. The van der Waals surface area contributed by atoms with E-state index in [4.69, 9.17) is 44.3 Å². The number of halogens is 4. The molecule has 0 aliphatic carbocycles. The molecule has 0 atom stereocenters. The molecule has 0 saturated carbocycles. The molecule has 0 bridgehead atoms. The predicted molar refractivity (Wildman–Crippen MR) is 136 cm³/mol. The van der Waals surface area contributed by atoms with Crippen LogP contribution in [0.3, 0.4) is 0 Å². The minimum atomic E-state index is 0.381. The van der Waals surface area contributed by atoms with Gasteiger partial charge in [-0.1, -0.05) is 53.0 Å². The van der Waals surface area contributed by atoms with Crippen LogP contribution >= 0.6 is 57.4 Å². The summed E-state index contributed by atoms with van der Waals surface area (Å²) in [6.45, 7) is 2.77. The second kappa shape index (κ2) is 11.1. The SMILES string of the molecule is CCOc1cc(/C=C(\C#N)c2ccc(Cl)cc2Cl)cc(I)c1OCc1ccc(Cl)cc1. The highest BCUT2D eigenvalue weighted by Crippen LogP contribution is 2.36. The van der Waals surface area contributed by atoms with Gasteiger partial charge in [0.15, 0.2) is 11.5 Å². The Bertz CT molecular complexity index is 1150. The van der Waals surface area contributed by atoms with Gasteiger partial charge in [0.25, 0.3) is 0 Å². The topological polar surface area (TPSA) is 42.2 Å². The molecule has 0 spiro atoms. The Kier molecular flexibility index (Phi) is 8.50. The zero-order valence-electron chi connectivity index (χ0n) is 16.5. The van der Waals surface area contributed by atoms with Crippen molar-refractivity contribution < 1.29 is 9.47 Å². The molecule has 0 radical (unpaired) electrons. The van der Waals surface area contributed by atoms with Gasteiger partial charge >= 0.3 is 0 Å². The van der Waals surface area contributed by atoms with Crippen LogP contribution in [0, 0.1) is 14.9 Å². The van der Waals surface area contributed by atoms with Gasteiger partial charge in [-0.05, 0) is 83.1 Å². The third kappa shape index (κ3) is 6.30. The lowest BCUT2D eigenvalue weighted by Gasteiger charge is -2.15. The first-order chi connectivity index (χ1) is 14.9. The van der Waals surface area contributed by atoms with Crippen LogP contribution in [0.2, 0.25) is 15.1 Å². The van der Waals surface area contributed by atoms with Crippen molar-refractivity contribution in [2.45, 2.75) is 13.5 Å². The maximum Gasteiger partial charge on any atom is 0.175 e. The molecule has 0 aromatic heterocycles. The summed E-state index contributed by atoms with van der Waals surface area (Å²) in [5.74, 6) is 1.26. The Labute approximate surface area is 210 Å². The molecule has 3 rings (SSSR count). The van der Waals surface area contributed by atoms with Gasteiger partial charge < -0.3 is 9.47 Å². The van der Waals surface area contributed by atoms with Crippen molar-refractivity contribution in [3.05, 3.63) is 89.9 Å². The van der Waals surface area contributed by atoms with E-state index < -0.39 is 0 Å². The molecule has 31 heavy (non-hydrogen) atoms. The number of nitriles is 1. The molecular weight excluding hydrogens is 568 g/mol. The van der Waals surface area contributed by atoms with E-state index >= 15 is 0 Å². The molecule has 0 aliphatic rings. The summed E-state index contributed by atoms with van der Waals surface area (Å²) in [7, 11) is 0. The number of ether oxygens (including phenoxy) is 2. The zero-order chi connectivity index (χ0) is 22.4. The summed E-state index contributed by atoms with van der Waals surface area (Å²) in [5.41, 5.74) is 2.84. The molecule has 0 unspecified atom stereocenters. The van der Waals surface area contributed by atoms with Crippen LogP contribution in [0.1, 0.15) is 23.6 Å². The van der Waals surface area contributed by atoms with Gasteiger partial charge in [0.2, 0.25) is 0 Å². The molecule has 0 fully saturated rings. The first-order valence-corrected chi connectivity index (χ1v) is 11.5. The summed E-state index contributed by atoms with van der Waals surface area (Å²) in [4.78, 5) is 0. The molecule has 0 saturated heterocycles. The molecular formula is C24H17Cl3INO2. The maximum absolute atomic E-state index is 9.68. The fraction of sp³-hybridized carbons (Fsp3) is 0.125. The second-order valence-corrected chi connectivity index (χ2v) is 8.91. The third-order valence-electron chi connectivity index (χ3n) is 4.28. The van der Waals surface area contributed by atoms with Crippen LogP contribution in [0.4, 0.5) is 0 Å². The normalized spacial score (nSPS) is 11.2. The number of nitrogens with zero attached hydrogens (tertiary/aromatic N) is 1. The maximum atomic E-state index is 9.68. The Morgan fingerprint density at radius 1 is 1.00 bits per heavy atom. The molecule has 0 amide bonds. The molecule has 0 aliphatic heterocycles. The Hall–Kier alpha value is -1.91. The molecule has 3 nitrogen and oxygen atoms in total. The Morgan fingerprint density at radius 3 is 2.35 bits per heavy atom. The van der Waals surface area contributed by atoms with E-state index in [2.05, 4.69) is 28.7 Å². The minimum absolute atomic E-state index is 0.381. The lowest BCUT2D eigenvalue weighted by atomic mass is 10.0. The van der Waals surface area contributed by atoms with Crippen LogP contribution in [-0.2, 0) is 6.61 Å². The lowest BCUT2D eigenvalue weighted by molar-refractivity contribution is 0.267. The number of rotatable bonds is 7. The predicted octanol–water partition coefficient (Wildman–Crippen LogP) is 8.29. The Balaban J connectivity index is 1.94. The molecule has 3 aromatic carbocycles. The second-order valence-electron chi connectivity index (χ2n) is 6.47. The van der Waals surface area contributed by atoms with Crippen LogP contribution in [0.15, 0.2) is 54.6 Å². The van der Waals surface area contributed by atoms with Crippen molar-refractivity contribution in [3.8, 4) is 17.6 Å².